The summed E-state index contributed by atoms with van der Waals surface area (Å²) in [7, 11) is 0. The van der Waals surface area contributed by atoms with Crippen molar-refractivity contribution in [3.8, 4) is 0 Å². The molecule has 20 heavy (non-hydrogen) atoms. The molecule has 6 nitrogen and oxygen atoms in total. The first-order valence-corrected chi connectivity index (χ1v) is 7.67. The van der Waals surface area contributed by atoms with Crippen molar-refractivity contribution in [2.45, 2.75) is 26.3 Å². The predicted molar refractivity (Wildman–Crippen MR) is 81.8 cm³/mol. The molecule has 0 saturated carbocycles. The van der Waals surface area contributed by atoms with E-state index in [0.717, 1.165) is 29.9 Å². The fourth-order valence-corrected chi connectivity index (χ4v) is 2.19. The Kier molecular flexibility index (Phi) is 5.17. The first-order valence-electron chi connectivity index (χ1n) is 6.88. The summed E-state index contributed by atoms with van der Waals surface area (Å²) in [5, 5.41) is 2.99. The zero-order valence-corrected chi connectivity index (χ0v) is 13.4. The van der Waals surface area contributed by atoms with Crippen LogP contribution in [0.1, 0.15) is 20.3 Å². The van der Waals surface area contributed by atoms with Gasteiger partial charge in [0.1, 0.15) is 0 Å². The van der Waals surface area contributed by atoms with Crippen molar-refractivity contribution in [1.29, 1.82) is 0 Å². The van der Waals surface area contributed by atoms with Gasteiger partial charge in [0, 0.05) is 44.6 Å². The van der Waals surface area contributed by atoms with Gasteiger partial charge in [-0.05, 0) is 29.3 Å². The highest BCUT2D eigenvalue weighted by Gasteiger charge is 2.22. The molecular formula is C13H20BrN5O. The zero-order valence-electron chi connectivity index (χ0n) is 11.8. The number of hydrogen-bond donors (Lipinski definition) is 1. The van der Waals surface area contributed by atoms with Crippen LogP contribution in [0, 0.1) is 0 Å². The van der Waals surface area contributed by atoms with Crippen molar-refractivity contribution >= 4 is 27.9 Å². The maximum absolute atomic E-state index is 12.0. The third-order valence-corrected chi connectivity index (χ3v) is 3.85. The molecule has 0 radical (unpaired) electrons. The highest BCUT2D eigenvalue weighted by Crippen LogP contribution is 2.13. The molecule has 2 amide bonds. The van der Waals surface area contributed by atoms with Gasteiger partial charge in [0.05, 0.1) is 4.47 Å². The second-order valence-electron chi connectivity index (χ2n) is 4.93. The van der Waals surface area contributed by atoms with Crippen LogP contribution in [0.3, 0.4) is 0 Å². The number of urea groups is 1. The van der Waals surface area contributed by atoms with E-state index in [-0.39, 0.29) is 12.1 Å². The van der Waals surface area contributed by atoms with E-state index in [2.05, 4.69) is 43.0 Å². The molecule has 0 unspecified atom stereocenters. The number of hydrogen-bond acceptors (Lipinski definition) is 4. The third kappa shape index (κ3) is 3.82. The first-order chi connectivity index (χ1) is 9.60. The summed E-state index contributed by atoms with van der Waals surface area (Å²) in [6, 6.07) is 0.242. The molecule has 1 aromatic heterocycles. The van der Waals surface area contributed by atoms with Gasteiger partial charge in [-0.2, -0.15) is 0 Å². The summed E-state index contributed by atoms with van der Waals surface area (Å²) in [6.07, 6.45) is 4.42. The minimum Gasteiger partial charge on any atom is -0.337 e. The van der Waals surface area contributed by atoms with Crippen molar-refractivity contribution < 1.29 is 4.79 Å². The number of carbonyl (C=O) groups is 1. The highest BCUT2D eigenvalue weighted by atomic mass is 79.9. The minimum absolute atomic E-state index is 0.0238. The fraction of sp³-hybridized carbons (Fsp3) is 0.615. The van der Waals surface area contributed by atoms with Gasteiger partial charge < -0.3 is 15.1 Å². The lowest BCUT2D eigenvalue weighted by atomic mass is 10.2. The number of halogens is 1. The van der Waals surface area contributed by atoms with E-state index in [9.17, 15) is 4.79 Å². The van der Waals surface area contributed by atoms with Gasteiger partial charge in [-0.15, -0.1) is 0 Å². The molecule has 0 aliphatic carbocycles. The number of rotatable bonds is 3. The molecule has 1 fully saturated rings. The van der Waals surface area contributed by atoms with Crippen LogP contribution >= 0.6 is 15.9 Å². The predicted octanol–water partition coefficient (Wildman–Crippen LogP) is 1.87. The summed E-state index contributed by atoms with van der Waals surface area (Å²) in [5.41, 5.74) is 0. The Morgan fingerprint density at radius 3 is 2.50 bits per heavy atom. The van der Waals surface area contributed by atoms with Crippen molar-refractivity contribution in [3.63, 3.8) is 0 Å². The number of piperazine rings is 1. The summed E-state index contributed by atoms with van der Waals surface area (Å²) in [4.78, 5) is 24.5. The van der Waals surface area contributed by atoms with E-state index in [4.69, 9.17) is 0 Å². The summed E-state index contributed by atoms with van der Waals surface area (Å²) < 4.78 is 0.868. The van der Waals surface area contributed by atoms with E-state index in [1.807, 2.05) is 11.8 Å². The fourth-order valence-electron chi connectivity index (χ4n) is 1.98. The molecule has 1 aromatic rings. The molecule has 1 N–H and O–H groups in total. The normalized spacial score (nSPS) is 16.9. The smallest absolute Gasteiger partial charge is 0.317 e. The summed E-state index contributed by atoms with van der Waals surface area (Å²) >= 11 is 3.32. The Labute approximate surface area is 127 Å². The minimum atomic E-state index is 0.0238. The first kappa shape index (κ1) is 15.0. The number of nitrogens with one attached hydrogen (secondary N) is 1. The van der Waals surface area contributed by atoms with Crippen LogP contribution in [-0.4, -0.2) is 53.1 Å². The number of aromatic nitrogens is 2. The third-order valence-electron chi connectivity index (χ3n) is 3.44. The van der Waals surface area contributed by atoms with Crippen molar-refractivity contribution in [3.05, 3.63) is 16.9 Å². The number of amides is 2. The van der Waals surface area contributed by atoms with E-state index in [1.165, 1.54) is 0 Å². The monoisotopic (exact) mass is 341 g/mol. The Morgan fingerprint density at radius 1 is 1.35 bits per heavy atom. The summed E-state index contributed by atoms with van der Waals surface area (Å²) in [6.45, 7) is 6.99. The standard InChI is InChI=1S/C13H20BrN5O/c1-3-10(2)17-13(20)19-6-4-18(5-7-19)12-15-8-11(14)9-16-12/h8-10H,3-7H2,1-2H3,(H,17,20)/t10-/m0/s1. The second kappa shape index (κ2) is 6.88. The van der Waals surface area contributed by atoms with E-state index < -0.39 is 0 Å². The lowest BCUT2D eigenvalue weighted by molar-refractivity contribution is 0.190. The molecule has 1 aliphatic rings. The lowest BCUT2D eigenvalue weighted by Crippen LogP contribution is -2.53. The van der Waals surface area contributed by atoms with Gasteiger partial charge in [-0.1, -0.05) is 6.92 Å². The Morgan fingerprint density at radius 2 is 1.95 bits per heavy atom. The van der Waals surface area contributed by atoms with Crippen LogP contribution in [0.15, 0.2) is 16.9 Å². The van der Waals surface area contributed by atoms with Gasteiger partial charge in [0.15, 0.2) is 0 Å². The van der Waals surface area contributed by atoms with E-state index >= 15 is 0 Å². The number of anilines is 1. The second-order valence-corrected chi connectivity index (χ2v) is 5.85. The molecule has 2 rings (SSSR count). The van der Waals surface area contributed by atoms with Crippen molar-refractivity contribution in [1.82, 2.24) is 20.2 Å². The van der Waals surface area contributed by atoms with Crippen LogP contribution in [0.5, 0.6) is 0 Å². The van der Waals surface area contributed by atoms with Crippen LogP contribution in [0.4, 0.5) is 10.7 Å². The largest absolute Gasteiger partial charge is 0.337 e. The van der Waals surface area contributed by atoms with Gasteiger partial charge >= 0.3 is 6.03 Å². The highest BCUT2D eigenvalue weighted by molar-refractivity contribution is 9.10. The van der Waals surface area contributed by atoms with Gasteiger partial charge in [0.2, 0.25) is 5.95 Å². The van der Waals surface area contributed by atoms with Crippen LogP contribution in [-0.2, 0) is 0 Å². The molecule has 2 heterocycles. The van der Waals surface area contributed by atoms with Gasteiger partial charge in [-0.25, -0.2) is 14.8 Å². The summed E-state index contributed by atoms with van der Waals surface area (Å²) in [5.74, 6) is 0.718. The van der Waals surface area contributed by atoms with E-state index in [0.29, 0.717) is 13.1 Å². The Bertz CT molecular complexity index is 445. The number of carbonyl (C=O) groups excluding carboxylic acids is 1. The Hall–Kier alpha value is -1.37. The topological polar surface area (TPSA) is 61.4 Å². The molecule has 1 aliphatic heterocycles. The van der Waals surface area contributed by atoms with Crippen molar-refractivity contribution in [2.24, 2.45) is 0 Å². The van der Waals surface area contributed by atoms with Crippen molar-refractivity contribution in [2.75, 3.05) is 31.1 Å². The maximum atomic E-state index is 12.0. The quantitative estimate of drug-likeness (QED) is 0.911. The Balaban J connectivity index is 1.86. The molecule has 1 atom stereocenters. The molecule has 0 spiro atoms. The van der Waals surface area contributed by atoms with Crippen LogP contribution < -0.4 is 10.2 Å². The van der Waals surface area contributed by atoms with Gasteiger partial charge in [0.25, 0.3) is 0 Å². The lowest BCUT2D eigenvalue weighted by Gasteiger charge is -2.35. The molecule has 7 heteroatoms. The maximum Gasteiger partial charge on any atom is 0.317 e. The molecule has 0 bridgehead atoms. The molecule has 0 aromatic carbocycles. The average Bonchev–Trinajstić information content (AvgIpc) is 2.48. The molecule has 110 valence electrons. The van der Waals surface area contributed by atoms with Gasteiger partial charge in [-0.3, -0.25) is 0 Å². The zero-order chi connectivity index (χ0) is 14.5. The van der Waals surface area contributed by atoms with Crippen LogP contribution in [0.25, 0.3) is 0 Å². The molecule has 1 saturated heterocycles. The van der Waals surface area contributed by atoms with Crippen LogP contribution in [0.2, 0.25) is 0 Å². The SMILES string of the molecule is CC[C@H](C)NC(=O)N1CCN(c2ncc(Br)cn2)CC1. The molecular weight excluding hydrogens is 322 g/mol. The number of nitrogens with zero attached hydrogens (tertiary/aromatic N) is 4. The average molecular weight is 342 g/mol. The van der Waals surface area contributed by atoms with E-state index in [1.54, 1.807) is 12.4 Å².